The SMILES string of the molecule is CC1CNc2cc(C#N)ccc2N(C)C1. The highest BCUT2D eigenvalue weighted by atomic mass is 15.1. The van der Waals surface area contributed by atoms with Crippen LogP contribution < -0.4 is 10.2 Å². The second-order valence-corrected chi connectivity index (χ2v) is 4.21. The van der Waals surface area contributed by atoms with Crippen molar-refractivity contribution >= 4 is 11.4 Å². The molecule has 0 spiro atoms. The molecule has 2 rings (SSSR count). The van der Waals surface area contributed by atoms with E-state index in [2.05, 4.69) is 30.3 Å². The third-order valence-electron chi connectivity index (χ3n) is 2.76. The molecule has 1 aromatic rings. The maximum Gasteiger partial charge on any atom is 0.0992 e. The zero-order valence-electron chi connectivity index (χ0n) is 9.12. The topological polar surface area (TPSA) is 39.1 Å². The van der Waals surface area contributed by atoms with E-state index in [1.807, 2.05) is 18.2 Å². The number of rotatable bonds is 0. The molecule has 0 aromatic heterocycles. The van der Waals surface area contributed by atoms with E-state index in [0.717, 1.165) is 18.8 Å². The lowest BCUT2D eigenvalue weighted by Gasteiger charge is -2.20. The molecule has 0 bridgehead atoms. The molecular weight excluding hydrogens is 186 g/mol. The minimum atomic E-state index is 0.618. The van der Waals surface area contributed by atoms with Crippen LogP contribution in [-0.2, 0) is 0 Å². The number of hydrogen-bond donors (Lipinski definition) is 1. The fraction of sp³-hybridized carbons (Fsp3) is 0.417. The first-order valence-electron chi connectivity index (χ1n) is 5.20. The first-order valence-corrected chi connectivity index (χ1v) is 5.20. The van der Waals surface area contributed by atoms with Crippen molar-refractivity contribution in [1.82, 2.24) is 0 Å². The standard InChI is InChI=1S/C12H15N3/c1-9-7-14-11-5-10(6-13)3-4-12(11)15(2)8-9/h3-5,9,14H,7-8H2,1-2H3. The fourth-order valence-corrected chi connectivity index (χ4v) is 1.99. The Morgan fingerprint density at radius 1 is 1.53 bits per heavy atom. The lowest BCUT2D eigenvalue weighted by Crippen LogP contribution is -2.23. The molecule has 0 saturated carbocycles. The van der Waals surface area contributed by atoms with Gasteiger partial charge in [-0.15, -0.1) is 0 Å². The van der Waals surface area contributed by atoms with Gasteiger partial charge in [-0.1, -0.05) is 6.92 Å². The van der Waals surface area contributed by atoms with Gasteiger partial charge in [0.25, 0.3) is 0 Å². The molecule has 1 aliphatic rings. The molecule has 0 saturated heterocycles. The first-order chi connectivity index (χ1) is 7.20. The quantitative estimate of drug-likeness (QED) is 0.698. The Balaban J connectivity index is 2.40. The summed E-state index contributed by atoms with van der Waals surface area (Å²) in [5, 5.41) is 12.2. The number of benzene rings is 1. The highest BCUT2D eigenvalue weighted by molar-refractivity contribution is 5.72. The molecule has 1 aromatic carbocycles. The van der Waals surface area contributed by atoms with Gasteiger partial charge in [-0.25, -0.2) is 0 Å². The van der Waals surface area contributed by atoms with Crippen LogP contribution in [0.3, 0.4) is 0 Å². The van der Waals surface area contributed by atoms with Gasteiger partial charge in [-0.2, -0.15) is 5.26 Å². The average molecular weight is 201 g/mol. The van der Waals surface area contributed by atoms with Gasteiger partial charge in [-0.05, 0) is 24.1 Å². The highest BCUT2D eigenvalue weighted by Gasteiger charge is 2.16. The smallest absolute Gasteiger partial charge is 0.0992 e. The molecule has 1 aliphatic heterocycles. The van der Waals surface area contributed by atoms with Crippen LogP contribution in [0.5, 0.6) is 0 Å². The lowest BCUT2D eigenvalue weighted by molar-refractivity contribution is 0.618. The van der Waals surface area contributed by atoms with E-state index in [1.54, 1.807) is 0 Å². The molecule has 1 unspecified atom stereocenters. The van der Waals surface area contributed by atoms with Crippen molar-refractivity contribution < 1.29 is 0 Å². The molecule has 1 atom stereocenters. The van der Waals surface area contributed by atoms with E-state index in [4.69, 9.17) is 5.26 Å². The Labute approximate surface area is 90.3 Å². The van der Waals surface area contributed by atoms with E-state index in [1.165, 1.54) is 5.69 Å². The number of fused-ring (bicyclic) bond motifs is 1. The number of hydrogen-bond acceptors (Lipinski definition) is 3. The fourth-order valence-electron chi connectivity index (χ4n) is 1.99. The minimum Gasteiger partial charge on any atom is -0.383 e. The molecule has 1 N–H and O–H groups in total. The van der Waals surface area contributed by atoms with Crippen molar-refractivity contribution in [3.8, 4) is 6.07 Å². The molecule has 15 heavy (non-hydrogen) atoms. The second kappa shape index (κ2) is 3.82. The van der Waals surface area contributed by atoms with E-state index in [9.17, 15) is 0 Å². The van der Waals surface area contributed by atoms with Gasteiger partial charge in [0.05, 0.1) is 23.0 Å². The molecular formula is C12H15N3. The van der Waals surface area contributed by atoms with Crippen LogP contribution in [0, 0.1) is 17.2 Å². The Morgan fingerprint density at radius 2 is 2.33 bits per heavy atom. The van der Waals surface area contributed by atoms with Crippen LogP contribution in [0.2, 0.25) is 0 Å². The van der Waals surface area contributed by atoms with Gasteiger partial charge < -0.3 is 10.2 Å². The average Bonchev–Trinajstić information content (AvgIpc) is 2.38. The predicted molar refractivity (Wildman–Crippen MR) is 62.1 cm³/mol. The monoisotopic (exact) mass is 201 g/mol. The maximum atomic E-state index is 8.84. The number of nitriles is 1. The van der Waals surface area contributed by atoms with Crippen molar-refractivity contribution in [2.75, 3.05) is 30.4 Å². The van der Waals surface area contributed by atoms with Gasteiger partial charge in [0.1, 0.15) is 0 Å². The predicted octanol–water partition coefficient (Wildman–Crippen LogP) is 2.06. The van der Waals surface area contributed by atoms with Gasteiger partial charge in [-0.3, -0.25) is 0 Å². The molecule has 0 radical (unpaired) electrons. The summed E-state index contributed by atoms with van der Waals surface area (Å²) >= 11 is 0. The Kier molecular flexibility index (Phi) is 2.51. The van der Waals surface area contributed by atoms with Gasteiger partial charge in [0, 0.05) is 20.1 Å². The summed E-state index contributed by atoms with van der Waals surface area (Å²) in [4.78, 5) is 2.24. The second-order valence-electron chi connectivity index (χ2n) is 4.21. The summed E-state index contributed by atoms with van der Waals surface area (Å²) in [6, 6.07) is 7.97. The van der Waals surface area contributed by atoms with Gasteiger partial charge >= 0.3 is 0 Å². The normalized spacial score (nSPS) is 19.8. The van der Waals surface area contributed by atoms with Crippen molar-refractivity contribution in [3.05, 3.63) is 23.8 Å². The summed E-state index contributed by atoms with van der Waals surface area (Å²) in [5.74, 6) is 0.618. The van der Waals surface area contributed by atoms with E-state index in [0.29, 0.717) is 11.5 Å². The van der Waals surface area contributed by atoms with Crippen LogP contribution >= 0.6 is 0 Å². The highest BCUT2D eigenvalue weighted by Crippen LogP contribution is 2.29. The van der Waals surface area contributed by atoms with Crippen LogP contribution in [0.15, 0.2) is 18.2 Å². The van der Waals surface area contributed by atoms with Crippen LogP contribution in [0.25, 0.3) is 0 Å². The summed E-state index contributed by atoms with van der Waals surface area (Å²) in [6.07, 6.45) is 0. The summed E-state index contributed by atoms with van der Waals surface area (Å²) in [7, 11) is 2.09. The molecule has 1 heterocycles. The Bertz CT molecular complexity index is 406. The third-order valence-corrected chi connectivity index (χ3v) is 2.76. The lowest BCUT2D eigenvalue weighted by atomic mass is 10.1. The minimum absolute atomic E-state index is 0.618. The van der Waals surface area contributed by atoms with Gasteiger partial charge in [0.2, 0.25) is 0 Å². The van der Waals surface area contributed by atoms with Gasteiger partial charge in [0.15, 0.2) is 0 Å². The molecule has 3 nitrogen and oxygen atoms in total. The summed E-state index contributed by atoms with van der Waals surface area (Å²) in [6.45, 7) is 4.23. The third kappa shape index (κ3) is 1.89. The van der Waals surface area contributed by atoms with E-state index >= 15 is 0 Å². The Hall–Kier alpha value is -1.69. The first kappa shape index (κ1) is 9.85. The summed E-state index contributed by atoms with van der Waals surface area (Å²) < 4.78 is 0. The zero-order valence-corrected chi connectivity index (χ0v) is 9.12. The van der Waals surface area contributed by atoms with Crippen LogP contribution in [0.1, 0.15) is 12.5 Å². The molecule has 78 valence electrons. The largest absolute Gasteiger partial charge is 0.383 e. The molecule has 0 amide bonds. The molecule has 3 heteroatoms. The molecule has 0 aliphatic carbocycles. The van der Waals surface area contributed by atoms with Crippen LogP contribution in [0.4, 0.5) is 11.4 Å². The van der Waals surface area contributed by atoms with Crippen molar-refractivity contribution in [2.24, 2.45) is 5.92 Å². The van der Waals surface area contributed by atoms with E-state index < -0.39 is 0 Å². The van der Waals surface area contributed by atoms with E-state index in [-0.39, 0.29) is 0 Å². The Morgan fingerprint density at radius 3 is 3.07 bits per heavy atom. The zero-order chi connectivity index (χ0) is 10.8. The van der Waals surface area contributed by atoms with Crippen molar-refractivity contribution in [2.45, 2.75) is 6.92 Å². The van der Waals surface area contributed by atoms with Crippen molar-refractivity contribution in [1.29, 1.82) is 5.26 Å². The number of nitrogens with one attached hydrogen (secondary N) is 1. The van der Waals surface area contributed by atoms with Crippen LogP contribution in [-0.4, -0.2) is 20.1 Å². The number of nitrogens with zero attached hydrogens (tertiary/aromatic N) is 2. The summed E-state index contributed by atoms with van der Waals surface area (Å²) in [5.41, 5.74) is 2.96. The maximum absolute atomic E-state index is 8.84. The van der Waals surface area contributed by atoms with Crippen molar-refractivity contribution in [3.63, 3.8) is 0 Å². The number of anilines is 2. The molecule has 0 fully saturated rings.